The minimum absolute atomic E-state index is 0.0186. The Kier molecular flexibility index (Phi) is 8.37. The first kappa shape index (κ1) is 22.6. The molecule has 1 aliphatic rings. The fraction of sp³-hybridized carbons (Fsp3) is 0.417. The predicted molar refractivity (Wildman–Crippen MR) is 113 cm³/mol. The number of hydrogen-bond donors (Lipinski definition) is 0. The molecular weight excluding hydrogens is 369 g/mol. The van der Waals surface area contributed by atoms with Gasteiger partial charge in [0.1, 0.15) is 11.6 Å². The summed E-state index contributed by atoms with van der Waals surface area (Å²) in [6.07, 6.45) is 1.57. The Bertz CT molecular complexity index is 825. The third kappa shape index (κ3) is 5.66. The molecule has 0 aromatic heterocycles. The van der Waals surface area contributed by atoms with Gasteiger partial charge in [-0.15, -0.1) is 0 Å². The van der Waals surface area contributed by atoms with Gasteiger partial charge < -0.3 is 9.64 Å². The Balaban J connectivity index is 0.00000145. The van der Waals surface area contributed by atoms with Gasteiger partial charge in [-0.1, -0.05) is 38.1 Å². The van der Waals surface area contributed by atoms with Crippen molar-refractivity contribution in [2.75, 3.05) is 20.2 Å². The van der Waals surface area contributed by atoms with E-state index in [1.54, 1.807) is 24.1 Å². The topological polar surface area (TPSA) is 46.6 Å². The summed E-state index contributed by atoms with van der Waals surface area (Å²) in [7, 11) is 1.60. The number of carbonyl (C=O) groups is 2. The number of nitrogens with zero attached hydrogens (tertiary/aromatic N) is 1. The van der Waals surface area contributed by atoms with Gasteiger partial charge >= 0.3 is 0 Å². The number of benzene rings is 2. The van der Waals surface area contributed by atoms with E-state index in [0.29, 0.717) is 37.2 Å². The van der Waals surface area contributed by atoms with E-state index < -0.39 is 0 Å². The van der Waals surface area contributed by atoms with E-state index in [0.717, 1.165) is 11.1 Å². The third-order valence-corrected chi connectivity index (χ3v) is 5.26. The molecule has 1 fully saturated rings. The number of Topliss-reactive ketones (excluding diaryl/α,β-unsaturated/α-hetero) is 1. The van der Waals surface area contributed by atoms with E-state index >= 15 is 0 Å². The first-order valence-corrected chi connectivity index (χ1v) is 10.2. The van der Waals surface area contributed by atoms with E-state index in [-0.39, 0.29) is 29.8 Å². The number of likely N-dealkylation sites (tertiary alicyclic amines) is 1. The molecule has 156 valence electrons. The second-order valence-electron chi connectivity index (χ2n) is 6.96. The van der Waals surface area contributed by atoms with Crippen LogP contribution in [0.4, 0.5) is 4.39 Å². The average Bonchev–Trinajstić information content (AvgIpc) is 2.76. The van der Waals surface area contributed by atoms with Crippen LogP contribution in [0.5, 0.6) is 5.75 Å². The summed E-state index contributed by atoms with van der Waals surface area (Å²) in [6, 6.07) is 11.5. The van der Waals surface area contributed by atoms with E-state index in [9.17, 15) is 14.0 Å². The van der Waals surface area contributed by atoms with Gasteiger partial charge in [0.25, 0.3) is 0 Å². The number of methoxy groups -OCH3 is 1. The Morgan fingerprint density at radius 1 is 1.07 bits per heavy atom. The lowest BCUT2D eigenvalue weighted by molar-refractivity contribution is -0.131. The lowest BCUT2D eigenvalue weighted by Crippen LogP contribution is -2.41. The SMILES string of the molecule is CC.COc1cccc(C(=O)C2CCN(C(=O)Cc3ccc(F)cc3)CC2)c1C. The van der Waals surface area contributed by atoms with Gasteiger partial charge in [0.15, 0.2) is 5.78 Å². The van der Waals surface area contributed by atoms with Gasteiger partial charge in [-0.2, -0.15) is 0 Å². The number of amides is 1. The van der Waals surface area contributed by atoms with Crippen molar-refractivity contribution in [3.05, 3.63) is 65.0 Å². The highest BCUT2D eigenvalue weighted by Crippen LogP contribution is 2.27. The molecule has 1 heterocycles. The number of rotatable bonds is 5. The Morgan fingerprint density at radius 2 is 1.69 bits per heavy atom. The van der Waals surface area contributed by atoms with Crippen molar-refractivity contribution in [2.24, 2.45) is 5.92 Å². The summed E-state index contributed by atoms with van der Waals surface area (Å²) in [6.45, 7) is 7.03. The maximum Gasteiger partial charge on any atom is 0.226 e. The number of piperidine rings is 1. The van der Waals surface area contributed by atoms with Crippen molar-refractivity contribution in [1.29, 1.82) is 0 Å². The van der Waals surface area contributed by atoms with Crippen LogP contribution in [0.15, 0.2) is 42.5 Å². The molecule has 0 bridgehead atoms. The normalized spacial score (nSPS) is 14.0. The number of hydrogen-bond acceptors (Lipinski definition) is 3. The number of ether oxygens (including phenoxy) is 1. The second kappa shape index (κ2) is 10.7. The van der Waals surface area contributed by atoms with Crippen molar-refractivity contribution in [3.8, 4) is 5.75 Å². The van der Waals surface area contributed by atoms with E-state index in [2.05, 4.69) is 0 Å². The van der Waals surface area contributed by atoms with Crippen LogP contribution in [-0.4, -0.2) is 36.8 Å². The Hall–Kier alpha value is -2.69. The number of halogens is 1. The summed E-state index contributed by atoms with van der Waals surface area (Å²) in [5, 5.41) is 0. The molecule has 0 saturated carbocycles. The zero-order valence-electron chi connectivity index (χ0n) is 17.7. The molecule has 5 heteroatoms. The molecule has 3 rings (SSSR count). The van der Waals surface area contributed by atoms with Gasteiger partial charge in [-0.05, 0) is 43.5 Å². The van der Waals surface area contributed by atoms with Crippen LogP contribution in [-0.2, 0) is 11.2 Å². The molecule has 4 nitrogen and oxygen atoms in total. The van der Waals surface area contributed by atoms with Gasteiger partial charge in [0, 0.05) is 30.1 Å². The smallest absolute Gasteiger partial charge is 0.226 e. The quantitative estimate of drug-likeness (QED) is 0.677. The van der Waals surface area contributed by atoms with Crippen molar-refractivity contribution >= 4 is 11.7 Å². The standard InChI is InChI=1S/C22H24FNO3.C2H6/c1-15-19(4-3-5-20(15)27-2)22(26)17-10-12-24(13-11-17)21(25)14-16-6-8-18(23)9-7-16;1-2/h3-9,17H,10-14H2,1-2H3;1-2H3. The Labute approximate surface area is 172 Å². The summed E-state index contributed by atoms with van der Waals surface area (Å²) in [4.78, 5) is 27.2. The summed E-state index contributed by atoms with van der Waals surface area (Å²) in [5.41, 5.74) is 2.36. The van der Waals surface area contributed by atoms with E-state index in [4.69, 9.17) is 4.74 Å². The van der Waals surface area contributed by atoms with Crippen molar-refractivity contribution in [2.45, 2.75) is 40.0 Å². The summed E-state index contributed by atoms with van der Waals surface area (Å²) < 4.78 is 18.3. The number of ketones is 1. The predicted octanol–water partition coefficient (Wildman–Crippen LogP) is 4.83. The lowest BCUT2D eigenvalue weighted by atomic mass is 9.87. The maximum absolute atomic E-state index is 13.0. The molecule has 0 spiro atoms. The van der Waals surface area contributed by atoms with E-state index in [1.807, 2.05) is 39.0 Å². The Morgan fingerprint density at radius 3 is 2.28 bits per heavy atom. The minimum atomic E-state index is -0.307. The first-order valence-electron chi connectivity index (χ1n) is 10.2. The molecule has 1 aliphatic heterocycles. The highest BCUT2D eigenvalue weighted by molar-refractivity contribution is 5.99. The van der Waals surface area contributed by atoms with Crippen molar-refractivity contribution in [1.82, 2.24) is 4.90 Å². The molecule has 0 atom stereocenters. The van der Waals surface area contributed by atoms with Crippen LogP contribution in [0.25, 0.3) is 0 Å². The molecule has 1 saturated heterocycles. The minimum Gasteiger partial charge on any atom is -0.496 e. The molecule has 2 aromatic rings. The monoisotopic (exact) mass is 399 g/mol. The molecule has 0 radical (unpaired) electrons. The van der Waals surface area contributed by atoms with Crippen molar-refractivity contribution in [3.63, 3.8) is 0 Å². The molecule has 1 amide bonds. The van der Waals surface area contributed by atoms with Crippen LogP contribution in [0.1, 0.15) is 48.2 Å². The lowest BCUT2D eigenvalue weighted by Gasteiger charge is -2.31. The van der Waals surface area contributed by atoms with Crippen molar-refractivity contribution < 1.29 is 18.7 Å². The molecular formula is C24H30FNO3. The van der Waals surface area contributed by atoms with E-state index in [1.165, 1.54) is 12.1 Å². The molecule has 2 aromatic carbocycles. The van der Waals surface area contributed by atoms with Crippen LogP contribution >= 0.6 is 0 Å². The fourth-order valence-electron chi connectivity index (χ4n) is 3.60. The van der Waals surface area contributed by atoms with Gasteiger partial charge in [-0.3, -0.25) is 9.59 Å². The van der Waals surface area contributed by atoms with Gasteiger partial charge in [-0.25, -0.2) is 4.39 Å². The van der Waals surface area contributed by atoms with Crippen LogP contribution in [0.3, 0.4) is 0 Å². The van der Waals surface area contributed by atoms with Crippen LogP contribution in [0, 0.1) is 18.7 Å². The van der Waals surface area contributed by atoms with Gasteiger partial charge in [0.2, 0.25) is 5.91 Å². The molecule has 0 unspecified atom stereocenters. The molecule has 29 heavy (non-hydrogen) atoms. The highest BCUT2D eigenvalue weighted by Gasteiger charge is 2.29. The molecule has 0 N–H and O–H groups in total. The summed E-state index contributed by atoms with van der Waals surface area (Å²) >= 11 is 0. The van der Waals surface area contributed by atoms with Gasteiger partial charge in [0.05, 0.1) is 13.5 Å². The largest absolute Gasteiger partial charge is 0.496 e. The third-order valence-electron chi connectivity index (χ3n) is 5.26. The fourth-order valence-corrected chi connectivity index (χ4v) is 3.60. The zero-order valence-corrected chi connectivity index (χ0v) is 17.7. The number of carbonyl (C=O) groups excluding carboxylic acids is 2. The zero-order chi connectivity index (χ0) is 21.4. The second-order valence-corrected chi connectivity index (χ2v) is 6.96. The maximum atomic E-state index is 13.0. The van der Waals surface area contributed by atoms with Crippen LogP contribution < -0.4 is 4.74 Å². The van der Waals surface area contributed by atoms with Crippen LogP contribution in [0.2, 0.25) is 0 Å². The highest BCUT2D eigenvalue weighted by atomic mass is 19.1. The average molecular weight is 400 g/mol. The molecule has 0 aliphatic carbocycles. The first-order chi connectivity index (χ1) is 14.0. The summed E-state index contributed by atoms with van der Waals surface area (Å²) in [5.74, 6) is 0.471.